The summed E-state index contributed by atoms with van der Waals surface area (Å²) in [5.74, 6) is 1.56. The van der Waals surface area contributed by atoms with Gasteiger partial charge in [0.1, 0.15) is 0 Å². The van der Waals surface area contributed by atoms with Crippen LogP contribution < -0.4 is 5.73 Å². The minimum atomic E-state index is 0. The normalized spacial score (nSPS) is 28.5. The molecule has 1 aromatic heterocycles. The number of aromatic nitrogens is 1. The monoisotopic (exact) mass is 421 g/mol. The number of nitrogens with two attached hydrogens (primary N) is 1. The van der Waals surface area contributed by atoms with E-state index in [0.717, 1.165) is 30.0 Å². The van der Waals surface area contributed by atoms with Crippen molar-refractivity contribution in [3.8, 4) is 0 Å². The predicted molar refractivity (Wildman–Crippen MR) is 113 cm³/mol. The van der Waals surface area contributed by atoms with Gasteiger partial charge < -0.3 is 10.6 Å². The SMILES string of the molecule is CCc1nc(C)c(C(C)N(C)C(=O)C2CC3CCCC(C2)C3N)s1.Cl.Cl. The molecule has 0 saturated heterocycles. The lowest BCUT2D eigenvalue weighted by Crippen LogP contribution is -2.49. The molecule has 3 unspecified atom stereocenters. The van der Waals surface area contributed by atoms with Gasteiger partial charge in [0.15, 0.2) is 0 Å². The molecular weight excluding hydrogens is 389 g/mol. The highest BCUT2D eigenvalue weighted by molar-refractivity contribution is 7.11. The van der Waals surface area contributed by atoms with Gasteiger partial charge in [-0.1, -0.05) is 13.3 Å². The highest BCUT2D eigenvalue weighted by atomic mass is 35.5. The first-order chi connectivity index (χ1) is 11.4. The van der Waals surface area contributed by atoms with E-state index in [1.807, 2.05) is 11.9 Å². The molecule has 2 fully saturated rings. The lowest BCUT2D eigenvalue weighted by molar-refractivity contribution is -0.139. The van der Waals surface area contributed by atoms with Crippen LogP contribution in [0.5, 0.6) is 0 Å². The van der Waals surface area contributed by atoms with Crippen LogP contribution in [0.3, 0.4) is 0 Å². The lowest BCUT2D eigenvalue weighted by Gasteiger charge is -2.44. The van der Waals surface area contributed by atoms with E-state index in [2.05, 4.69) is 25.8 Å². The number of hydrogen-bond donors (Lipinski definition) is 1. The maximum Gasteiger partial charge on any atom is 0.225 e. The molecule has 2 N–H and O–H groups in total. The van der Waals surface area contributed by atoms with Crippen molar-refractivity contribution in [2.24, 2.45) is 23.5 Å². The average molecular weight is 422 g/mol. The zero-order valence-electron chi connectivity index (χ0n) is 16.2. The van der Waals surface area contributed by atoms with Crippen LogP contribution >= 0.6 is 36.2 Å². The lowest BCUT2D eigenvalue weighted by atomic mass is 9.65. The van der Waals surface area contributed by atoms with E-state index < -0.39 is 0 Å². The van der Waals surface area contributed by atoms with E-state index in [1.165, 1.54) is 24.1 Å². The number of nitrogens with zero attached hydrogens (tertiary/aromatic N) is 2. The first-order valence-electron chi connectivity index (χ1n) is 9.40. The number of aryl methyl sites for hydroxylation is 2. The predicted octanol–water partition coefficient (Wildman–Crippen LogP) is 4.53. The molecule has 4 nitrogen and oxygen atoms in total. The molecule has 3 rings (SSSR count). The second-order valence-corrected chi connectivity index (χ2v) is 8.85. The minimum absolute atomic E-state index is 0. The summed E-state index contributed by atoms with van der Waals surface area (Å²) in [6.07, 6.45) is 6.61. The summed E-state index contributed by atoms with van der Waals surface area (Å²) in [6.45, 7) is 6.32. The minimum Gasteiger partial charge on any atom is -0.338 e. The van der Waals surface area contributed by atoms with Gasteiger partial charge in [0.05, 0.1) is 16.7 Å². The van der Waals surface area contributed by atoms with Crippen LogP contribution in [0.2, 0.25) is 0 Å². The van der Waals surface area contributed by atoms with Gasteiger partial charge in [-0.15, -0.1) is 36.2 Å². The standard InChI is InChI=1S/C19H31N3OS.2ClH/c1-5-16-21-11(2)18(24-16)12(3)22(4)19(23)15-9-13-7-6-8-14(10-15)17(13)20;;/h12-15,17H,5-10,20H2,1-4H3;2*1H. The summed E-state index contributed by atoms with van der Waals surface area (Å²) in [5.41, 5.74) is 7.46. The van der Waals surface area contributed by atoms with Crippen molar-refractivity contribution < 1.29 is 4.79 Å². The molecule has 0 radical (unpaired) electrons. The average Bonchev–Trinajstić information content (AvgIpc) is 2.93. The molecule has 0 aromatic carbocycles. The van der Waals surface area contributed by atoms with Crippen molar-refractivity contribution in [3.05, 3.63) is 15.6 Å². The molecular formula is C19H33Cl2N3OS. The molecule has 3 atom stereocenters. The molecule has 2 bridgehead atoms. The number of hydrogen-bond acceptors (Lipinski definition) is 4. The van der Waals surface area contributed by atoms with Gasteiger partial charge in [0, 0.05) is 23.9 Å². The zero-order chi connectivity index (χ0) is 17.4. The van der Waals surface area contributed by atoms with Crippen LogP contribution in [0.25, 0.3) is 0 Å². The number of carbonyl (C=O) groups excluding carboxylic acids is 1. The molecule has 150 valence electrons. The molecule has 7 heteroatoms. The summed E-state index contributed by atoms with van der Waals surface area (Å²) >= 11 is 1.75. The molecule has 2 aliphatic carbocycles. The Kier molecular flexibility index (Phi) is 8.85. The molecule has 1 amide bonds. The Labute approximate surface area is 174 Å². The smallest absolute Gasteiger partial charge is 0.225 e. The number of rotatable bonds is 4. The molecule has 0 spiro atoms. The van der Waals surface area contributed by atoms with Crippen LogP contribution in [0, 0.1) is 24.7 Å². The first-order valence-corrected chi connectivity index (χ1v) is 10.2. The summed E-state index contributed by atoms with van der Waals surface area (Å²) in [6, 6.07) is 0.423. The van der Waals surface area contributed by atoms with Crippen molar-refractivity contribution in [1.29, 1.82) is 0 Å². The topological polar surface area (TPSA) is 59.2 Å². The summed E-state index contributed by atoms with van der Waals surface area (Å²) in [5, 5.41) is 1.16. The summed E-state index contributed by atoms with van der Waals surface area (Å²) in [7, 11) is 1.96. The molecule has 1 heterocycles. The maximum atomic E-state index is 13.1. The van der Waals surface area contributed by atoms with Crippen LogP contribution in [-0.4, -0.2) is 28.9 Å². The quantitative estimate of drug-likeness (QED) is 0.776. The number of carbonyl (C=O) groups is 1. The van der Waals surface area contributed by atoms with Gasteiger partial charge in [0.25, 0.3) is 0 Å². The van der Waals surface area contributed by atoms with Gasteiger partial charge >= 0.3 is 0 Å². The van der Waals surface area contributed by atoms with Gasteiger partial charge in [-0.25, -0.2) is 4.98 Å². The Balaban J connectivity index is 0.00000169. The van der Waals surface area contributed by atoms with E-state index in [1.54, 1.807) is 11.3 Å². The first kappa shape index (κ1) is 23.7. The van der Waals surface area contributed by atoms with Crippen molar-refractivity contribution in [2.75, 3.05) is 7.05 Å². The van der Waals surface area contributed by atoms with Crippen LogP contribution in [0.15, 0.2) is 0 Å². The number of amides is 1. The van der Waals surface area contributed by atoms with E-state index in [0.29, 0.717) is 23.8 Å². The van der Waals surface area contributed by atoms with E-state index >= 15 is 0 Å². The van der Waals surface area contributed by atoms with Crippen molar-refractivity contribution in [3.63, 3.8) is 0 Å². The highest BCUT2D eigenvalue weighted by Gasteiger charge is 2.41. The van der Waals surface area contributed by atoms with E-state index in [4.69, 9.17) is 5.73 Å². The van der Waals surface area contributed by atoms with Crippen LogP contribution in [0.1, 0.15) is 67.6 Å². The molecule has 2 saturated carbocycles. The summed E-state index contributed by atoms with van der Waals surface area (Å²) < 4.78 is 0. The van der Waals surface area contributed by atoms with Crippen molar-refractivity contribution in [1.82, 2.24) is 9.88 Å². The van der Waals surface area contributed by atoms with Crippen molar-refractivity contribution in [2.45, 2.75) is 71.4 Å². The Hall–Kier alpha value is -0.360. The van der Waals surface area contributed by atoms with Crippen molar-refractivity contribution >= 4 is 42.1 Å². The Bertz CT molecular complexity index is 596. The second kappa shape index (κ2) is 9.72. The zero-order valence-corrected chi connectivity index (χ0v) is 18.7. The number of fused-ring (bicyclic) bond motifs is 2. The number of halogens is 2. The Morgan fingerprint density at radius 3 is 2.38 bits per heavy atom. The largest absolute Gasteiger partial charge is 0.338 e. The van der Waals surface area contributed by atoms with E-state index in [9.17, 15) is 4.79 Å². The fourth-order valence-corrected chi connectivity index (χ4v) is 5.75. The van der Waals surface area contributed by atoms with E-state index in [-0.39, 0.29) is 36.8 Å². The maximum absolute atomic E-state index is 13.1. The van der Waals surface area contributed by atoms with Gasteiger partial charge in [-0.3, -0.25) is 4.79 Å². The third kappa shape index (κ3) is 4.54. The van der Waals surface area contributed by atoms with Gasteiger partial charge in [0.2, 0.25) is 5.91 Å². The fourth-order valence-electron chi connectivity index (χ4n) is 4.65. The Morgan fingerprint density at radius 2 is 1.88 bits per heavy atom. The number of thiazole rings is 1. The molecule has 1 aromatic rings. The van der Waals surface area contributed by atoms with Gasteiger partial charge in [-0.05, 0) is 57.8 Å². The molecule has 2 aliphatic rings. The third-order valence-corrected chi connectivity index (χ3v) is 7.72. The second-order valence-electron chi connectivity index (χ2n) is 7.73. The fraction of sp³-hybridized carbons (Fsp3) is 0.789. The third-order valence-electron chi connectivity index (χ3n) is 6.25. The van der Waals surface area contributed by atoms with Gasteiger partial charge in [-0.2, -0.15) is 0 Å². The molecule has 26 heavy (non-hydrogen) atoms. The Morgan fingerprint density at radius 1 is 1.31 bits per heavy atom. The summed E-state index contributed by atoms with van der Waals surface area (Å²) in [4.78, 5) is 20.9. The molecule has 0 aliphatic heterocycles. The van der Waals surface area contributed by atoms with Crippen LogP contribution in [-0.2, 0) is 11.2 Å². The highest BCUT2D eigenvalue weighted by Crippen LogP contribution is 2.43. The van der Waals surface area contributed by atoms with Crippen LogP contribution in [0.4, 0.5) is 0 Å².